The van der Waals surface area contributed by atoms with Crippen LogP contribution in [0.4, 0.5) is 5.69 Å². The monoisotopic (exact) mass is 287 g/mol. The Labute approximate surface area is 127 Å². The van der Waals surface area contributed by atoms with E-state index in [1.165, 1.54) is 0 Å². The molecule has 5 nitrogen and oxygen atoms in total. The van der Waals surface area contributed by atoms with Gasteiger partial charge in [-0.3, -0.25) is 9.55 Å². The fraction of sp³-hybridized carbons (Fsp3) is 0. The lowest BCUT2D eigenvalue weighted by Crippen LogP contribution is -1.99. The van der Waals surface area contributed by atoms with E-state index in [2.05, 4.69) is 9.97 Å². The minimum Gasteiger partial charge on any atom is -0.399 e. The Morgan fingerprint density at radius 3 is 2.50 bits per heavy atom. The lowest BCUT2D eigenvalue weighted by Gasteiger charge is -2.08. The van der Waals surface area contributed by atoms with E-state index >= 15 is 0 Å². The Hall–Kier alpha value is -3.21. The zero-order valence-electron chi connectivity index (χ0n) is 11.7. The lowest BCUT2D eigenvalue weighted by atomic mass is 10.2. The molecule has 0 spiro atoms. The number of anilines is 1. The van der Waals surface area contributed by atoms with E-state index in [0.717, 1.165) is 33.9 Å². The molecular formula is C17H13N5. The minimum absolute atomic E-state index is 0.726. The maximum Gasteiger partial charge on any atom is 0.164 e. The predicted octanol–water partition coefficient (Wildman–Crippen LogP) is 3.06. The van der Waals surface area contributed by atoms with E-state index in [1.54, 1.807) is 18.6 Å². The molecule has 0 unspecified atom stereocenters. The van der Waals surface area contributed by atoms with Crippen LogP contribution in [0.1, 0.15) is 0 Å². The van der Waals surface area contributed by atoms with Gasteiger partial charge < -0.3 is 5.73 Å². The normalized spacial score (nSPS) is 10.9. The highest BCUT2D eigenvalue weighted by molar-refractivity contribution is 5.79. The number of rotatable bonds is 2. The van der Waals surface area contributed by atoms with Gasteiger partial charge in [-0.25, -0.2) is 9.97 Å². The topological polar surface area (TPSA) is 69.6 Å². The molecule has 4 aromatic rings. The van der Waals surface area contributed by atoms with Gasteiger partial charge in [-0.1, -0.05) is 0 Å². The highest BCUT2D eigenvalue weighted by Gasteiger charge is 2.14. The molecule has 2 N–H and O–H groups in total. The van der Waals surface area contributed by atoms with Crippen LogP contribution < -0.4 is 5.73 Å². The predicted molar refractivity (Wildman–Crippen MR) is 86.5 cm³/mol. The number of benzene rings is 1. The standard InChI is InChI=1S/C17H13N5/c18-13-5-7-14(8-6-13)22-16(12-3-1-9-19-11-12)21-15-4-2-10-20-17(15)22/h1-11H,18H2. The SMILES string of the molecule is Nc1ccc(-n2c(-c3cccnc3)nc3cccnc32)cc1. The van der Waals surface area contributed by atoms with Crippen LogP contribution in [0.3, 0.4) is 0 Å². The van der Waals surface area contributed by atoms with Gasteiger partial charge in [-0.2, -0.15) is 0 Å². The highest BCUT2D eigenvalue weighted by atomic mass is 15.1. The van der Waals surface area contributed by atoms with Gasteiger partial charge in [0.1, 0.15) is 11.3 Å². The zero-order valence-corrected chi connectivity index (χ0v) is 11.7. The summed E-state index contributed by atoms with van der Waals surface area (Å²) in [5.74, 6) is 0.812. The second kappa shape index (κ2) is 4.96. The van der Waals surface area contributed by atoms with E-state index in [1.807, 2.05) is 53.1 Å². The third kappa shape index (κ3) is 2.00. The Morgan fingerprint density at radius 1 is 0.909 bits per heavy atom. The van der Waals surface area contributed by atoms with Crippen LogP contribution in [0.15, 0.2) is 67.1 Å². The molecule has 0 fully saturated rings. The fourth-order valence-corrected chi connectivity index (χ4v) is 2.47. The van der Waals surface area contributed by atoms with Gasteiger partial charge in [0.15, 0.2) is 5.65 Å². The average Bonchev–Trinajstić information content (AvgIpc) is 2.96. The van der Waals surface area contributed by atoms with Crippen molar-refractivity contribution >= 4 is 16.9 Å². The first-order valence-corrected chi connectivity index (χ1v) is 6.93. The molecule has 0 radical (unpaired) electrons. The highest BCUT2D eigenvalue weighted by Crippen LogP contribution is 2.27. The maximum absolute atomic E-state index is 5.79. The Kier molecular flexibility index (Phi) is 2.83. The lowest BCUT2D eigenvalue weighted by molar-refractivity contribution is 1.07. The molecule has 5 heteroatoms. The fourth-order valence-electron chi connectivity index (χ4n) is 2.47. The Bertz CT molecular complexity index is 926. The van der Waals surface area contributed by atoms with Crippen LogP contribution in [-0.4, -0.2) is 19.5 Å². The number of aromatic nitrogens is 4. The summed E-state index contributed by atoms with van der Waals surface area (Å²) in [7, 11) is 0. The summed E-state index contributed by atoms with van der Waals surface area (Å²) in [6.45, 7) is 0. The first-order chi connectivity index (χ1) is 10.8. The summed E-state index contributed by atoms with van der Waals surface area (Å²) < 4.78 is 2.02. The van der Waals surface area contributed by atoms with Crippen molar-refractivity contribution in [2.75, 3.05) is 5.73 Å². The molecule has 22 heavy (non-hydrogen) atoms. The van der Waals surface area contributed by atoms with E-state index in [0.29, 0.717) is 0 Å². The quantitative estimate of drug-likeness (QED) is 0.575. The van der Waals surface area contributed by atoms with Crippen molar-refractivity contribution in [1.82, 2.24) is 19.5 Å². The number of hydrogen-bond donors (Lipinski definition) is 1. The van der Waals surface area contributed by atoms with Crippen molar-refractivity contribution in [3.05, 3.63) is 67.1 Å². The molecule has 0 amide bonds. The van der Waals surface area contributed by atoms with E-state index in [-0.39, 0.29) is 0 Å². The Morgan fingerprint density at radius 2 is 1.73 bits per heavy atom. The van der Waals surface area contributed by atoms with Crippen molar-refractivity contribution in [2.45, 2.75) is 0 Å². The maximum atomic E-state index is 5.79. The van der Waals surface area contributed by atoms with Gasteiger partial charge in [0.05, 0.1) is 0 Å². The van der Waals surface area contributed by atoms with Gasteiger partial charge in [0.25, 0.3) is 0 Å². The summed E-state index contributed by atoms with van der Waals surface area (Å²) >= 11 is 0. The van der Waals surface area contributed by atoms with E-state index < -0.39 is 0 Å². The molecule has 0 saturated carbocycles. The largest absolute Gasteiger partial charge is 0.399 e. The van der Waals surface area contributed by atoms with Gasteiger partial charge in [0, 0.05) is 35.5 Å². The number of nitrogen functional groups attached to an aromatic ring is 1. The molecule has 0 atom stereocenters. The number of nitrogens with zero attached hydrogens (tertiary/aromatic N) is 4. The van der Waals surface area contributed by atoms with Gasteiger partial charge in [-0.05, 0) is 48.5 Å². The van der Waals surface area contributed by atoms with Crippen molar-refractivity contribution in [1.29, 1.82) is 0 Å². The van der Waals surface area contributed by atoms with Crippen LogP contribution >= 0.6 is 0 Å². The first kappa shape index (κ1) is 12.5. The molecule has 4 rings (SSSR count). The number of hydrogen-bond acceptors (Lipinski definition) is 4. The molecule has 3 heterocycles. The van der Waals surface area contributed by atoms with Crippen LogP contribution in [0.5, 0.6) is 0 Å². The third-order valence-electron chi connectivity index (χ3n) is 3.49. The summed E-state index contributed by atoms with van der Waals surface area (Å²) in [6.07, 6.45) is 5.32. The van der Waals surface area contributed by atoms with E-state index in [4.69, 9.17) is 10.7 Å². The zero-order chi connectivity index (χ0) is 14.9. The van der Waals surface area contributed by atoms with Gasteiger partial charge in [0.2, 0.25) is 0 Å². The summed E-state index contributed by atoms with van der Waals surface area (Å²) in [4.78, 5) is 13.4. The smallest absolute Gasteiger partial charge is 0.164 e. The molecular weight excluding hydrogens is 274 g/mol. The second-order valence-corrected chi connectivity index (χ2v) is 4.95. The first-order valence-electron chi connectivity index (χ1n) is 6.93. The summed E-state index contributed by atoms with van der Waals surface area (Å²) in [5.41, 5.74) is 10.1. The van der Waals surface area contributed by atoms with Crippen molar-refractivity contribution in [3.8, 4) is 17.1 Å². The van der Waals surface area contributed by atoms with E-state index in [9.17, 15) is 0 Å². The number of pyridine rings is 2. The van der Waals surface area contributed by atoms with Gasteiger partial charge in [-0.15, -0.1) is 0 Å². The third-order valence-corrected chi connectivity index (χ3v) is 3.49. The Balaban J connectivity index is 2.04. The molecule has 106 valence electrons. The molecule has 0 aliphatic heterocycles. The van der Waals surface area contributed by atoms with Gasteiger partial charge >= 0.3 is 0 Å². The molecule has 3 aromatic heterocycles. The van der Waals surface area contributed by atoms with Crippen molar-refractivity contribution in [2.24, 2.45) is 0 Å². The van der Waals surface area contributed by atoms with Crippen molar-refractivity contribution in [3.63, 3.8) is 0 Å². The van der Waals surface area contributed by atoms with Crippen LogP contribution in [-0.2, 0) is 0 Å². The molecule has 0 aliphatic carbocycles. The molecule has 1 aromatic carbocycles. The van der Waals surface area contributed by atoms with Crippen molar-refractivity contribution < 1.29 is 0 Å². The molecule has 0 aliphatic rings. The second-order valence-electron chi connectivity index (χ2n) is 4.95. The number of fused-ring (bicyclic) bond motifs is 1. The summed E-state index contributed by atoms with van der Waals surface area (Å²) in [6, 6.07) is 15.4. The van der Waals surface area contributed by atoms with Crippen LogP contribution in [0, 0.1) is 0 Å². The number of imidazole rings is 1. The average molecular weight is 287 g/mol. The van der Waals surface area contributed by atoms with Crippen LogP contribution in [0.25, 0.3) is 28.2 Å². The van der Waals surface area contributed by atoms with Crippen LogP contribution in [0.2, 0.25) is 0 Å². The number of nitrogens with two attached hydrogens (primary N) is 1. The minimum atomic E-state index is 0.726. The molecule has 0 saturated heterocycles. The molecule has 0 bridgehead atoms. The summed E-state index contributed by atoms with van der Waals surface area (Å²) in [5, 5.41) is 0.